The van der Waals surface area contributed by atoms with Gasteiger partial charge in [-0.2, -0.15) is 13.2 Å². The second kappa shape index (κ2) is 8.00. The minimum atomic E-state index is -4.34. The topological polar surface area (TPSA) is 40.6 Å². The summed E-state index contributed by atoms with van der Waals surface area (Å²) in [4.78, 5) is 28.9. The van der Waals surface area contributed by atoms with Crippen LogP contribution in [0, 0.1) is 11.8 Å². The van der Waals surface area contributed by atoms with Crippen LogP contribution in [-0.2, 0) is 15.8 Å². The van der Waals surface area contributed by atoms with Crippen LogP contribution in [0.2, 0.25) is 0 Å². The van der Waals surface area contributed by atoms with E-state index in [1.54, 1.807) is 0 Å². The molecule has 4 nitrogen and oxygen atoms in total. The Morgan fingerprint density at radius 3 is 2.14 bits per heavy atom. The average molecular weight is 408 g/mol. The average Bonchev–Trinajstić information content (AvgIpc) is 3.31. The fraction of sp³-hybridized carbons (Fsp3) is 0.636. The molecule has 2 amide bonds. The Bertz CT molecular complexity index is 748. The van der Waals surface area contributed by atoms with Gasteiger partial charge in [0.05, 0.1) is 5.56 Å². The van der Waals surface area contributed by atoms with Gasteiger partial charge >= 0.3 is 6.18 Å². The van der Waals surface area contributed by atoms with E-state index >= 15 is 0 Å². The Kier molecular flexibility index (Phi) is 5.58. The van der Waals surface area contributed by atoms with Gasteiger partial charge in [-0.1, -0.05) is 12.1 Å². The summed E-state index contributed by atoms with van der Waals surface area (Å²) in [6.07, 6.45) is 0.849. The lowest BCUT2D eigenvalue weighted by atomic mass is 9.92. The molecular weight excluding hydrogens is 381 g/mol. The minimum Gasteiger partial charge on any atom is -0.343 e. The molecule has 7 heteroatoms. The van der Waals surface area contributed by atoms with Gasteiger partial charge in [0, 0.05) is 38.5 Å². The van der Waals surface area contributed by atoms with E-state index < -0.39 is 11.7 Å². The van der Waals surface area contributed by atoms with Crippen molar-refractivity contribution in [1.82, 2.24) is 9.80 Å². The molecule has 4 rings (SSSR count). The molecule has 1 aromatic carbocycles. The molecule has 0 bridgehead atoms. The standard InChI is InChI=1S/C22H27F3N2O2/c23-22(24,25)17-5-3-16(4-6-17)18-14-19(18)21(29)27-11-7-15(8-12-27)13-20(28)26-9-1-2-10-26/h3-6,15,18-19H,1-2,7-14H2. The zero-order valence-corrected chi connectivity index (χ0v) is 16.5. The van der Waals surface area contributed by atoms with Crippen molar-refractivity contribution in [3.05, 3.63) is 35.4 Å². The van der Waals surface area contributed by atoms with Gasteiger partial charge in [0.2, 0.25) is 11.8 Å². The lowest BCUT2D eigenvalue weighted by Crippen LogP contribution is -2.40. The molecule has 2 aliphatic heterocycles. The molecule has 0 aromatic heterocycles. The van der Waals surface area contributed by atoms with Gasteiger partial charge in [-0.25, -0.2) is 0 Å². The molecule has 2 atom stereocenters. The molecule has 3 fully saturated rings. The van der Waals surface area contributed by atoms with E-state index in [4.69, 9.17) is 0 Å². The van der Waals surface area contributed by atoms with E-state index in [9.17, 15) is 22.8 Å². The number of hydrogen-bond acceptors (Lipinski definition) is 2. The van der Waals surface area contributed by atoms with Gasteiger partial charge in [0.25, 0.3) is 0 Å². The zero-order valence-electron chi connectivity index (χ0n) is 16.5. The van der Waals surface area contributed by atoms with Crippen molar-refractivity contribution in [2.24, 2.45) is 11.8 Å². The van der Waals surface area contributed by atoms with Crippen molar-refractivity contribution in [2.45, 2.75) is 50.6 Å². The smallest absolute Gasteiger partial charge is 0.343 e. The maximum atomic E-state index is 12.8. The molecule has 0 N–H and O–H groups in total. The summed E-state index contributed by atoms with van der Waals surface area (Å²) in [5.41, 5.74) is 0.151. The second-order valence-electron chi connectivity index (χ2n) is 8.63. The van der Waals surface area contributed by atoms with E-state index in [1.807, 2.05) is 9.80 Å². The van der Waals surface area contributed by atoms with Gasteiger partial charge in [-0.05, 0) is 61.6 Å². The molecule has 2 heterocycles. The van der Waals surface area contributed by atoms with Crippen LogP contribution in [0.25, 0.3) is 0 Å². The molecule has 0 spiro atoms. The van der Waals surface area contributed by atoms with Crippen LogP contribution in [0.1, 0.15) is 55.6 Å². The number of piperidine rings is 1. The highest BCUT2D eigenvalue weighted by molar-refractivity contribution is 5.83. The highest BCUT2D eigenvalue weighted by Crippen LogP contribution is 2.49. The number of carbonyl (C=O) groups is 2. The molecular formula is C22H27F3N2O2. The van der Waals surface area contributed by atoms with E-state index in [2.05, 4.69) is 0 Å². The third kappa shape index (κ3) is 4.59. The summed E-state index contributed by atoms with van der Waals surface area (Å²) in [6, 6.07) is 5.18. The maximum Gasteiger partial charge on any atom is 0.416 e. The predicted octanol–water partition coefficient (Wildman–Crippen LogP) is 4.06. The number of benzene rings is 1. The summed E-state index contributed by atoms with van der Waals surface area (Å²) in [7, 11) is 0. The summed E-state index contributed by atoms with van der Waals surface area (Å²) in [5.74, 6) is 0.613. The fourth-order valence-electron chi connectivity index (χ4n) is 4.69. The Morgan fingerprint density at radius 2 is 1.55 bits per heavy atom. The number of nitrogens with zero attached hydrogens (tertiary/aromatic N) is 2. The lowest BCUT2D eigenvalue weighted by Gasteiger charge is -2.32. The largest absolute Gasteiger partial charge is 0.416 e. The molecule has 3 aliphatic rings. The molecule has 2 unspecified atom stereocenters. The quantitative estimate of drug-likeness (QED) is 0.754. The van der Waals surface area contributed by atoms with Crippen molar-refractivity contribution in [3.63, 3.8) is 0 Å². The van der Waals surface area contributed by atoms with Gasteiger partial charge in [0.1, 0.15) is 0 Å². The molecule has 1 aromatic rings. The molecule has 2 saturated heterocycles. The molecule has 1 aliphatic carbocycles. The Labute approximate surface area is 169 Å². The predicted molar refractivity (Wildman–Crippen MR) is 102 cm³/mol. The van der Waals surface area contributed by atoms with Gasteiger partial charge in [-0.15, -0.1) is 0 Å². The molecule has 158 valence electrons. The Morgan fingerprint density at radius 1 is 0.931 bits per heavy atom. The third-order valence-electron chi connectivity index (χ3n) is 6.62. The van der Waals surface area contributed by atoms with E-state index in [0.29, 0.717) is 31.8 Å². The number of carbonyl (C=O) groups excluding carboxylic acids is 2. The van der Waals surface area contributed by atoms with E-state index in [1.165, 1.54) is 12.1 Å². The summed E-state index contributed by atoms with van der Waals surface area (Å²) in [6.45, 7) is 3.10. The number of halogens is 3. The highest BCUT2D eigenvalue weighted by Gasteiger charge is 2.46. The molecule has 29 heavy (non-hydrogen) atoms. The van der Waals surface area contributed by atoms with Crippen LogP contribution in [-0.4, -0.2) is 47.8 Å². The molecule has 0 radical (unpaired) electrons. The third-order valence-corrected chi connectivity index (χ3v) is 6.62. The number of likely N-dealkylation sites (tertiary alicyclic amines) is 2. The van der Waals surface area contributed by atoms with Gasteiger partial charge < -0.3 is 9.80 Å². The first kappa shape index (κ1) is 20.2. The number of rotatable bonds is 4. The summed E-state index contributed by atoms with van der Waals surface area (Å²) < 4.78 is 38.1. The number of amides is 2. The lowest BCUT2D eigenvalue weighted by molar-refractivity contribution is -0.138. The Balaban J connectivity index is 1.25. The van der Waals surface area contributed by atoms with E-state index in [-0.39, 0.29) is 23.7 Å². The number of hydrogen-bond donors (Lipinski definition) is 0. The van der Waals surface area contributed by atoms with Crippen LogP contribution in [0.15, 0.2) is 24.3 Å². The second-order valence-corrected chi connectivity index (χ2v) is 8.63. The summed E-state index contributed by atoms with van der Waals surface area (Å²) in [5, 5.41) is 0. The first-order chi connectivity index (χ1) is 13.8. The molecule has 1 saturated carbocycles. The fourth-order valence-corrected chi connectivity index (χ4v) is 4.69. The van der Waals surface area contributed by atoms with Crippen LogP contribution in [0.5, 0.6) is 0 Å². The van der Waals surface area contributed by atoms with Crippen LogP contribution < -0.4 is 0 Å². The van der Waals surface area contributed by atoms with Crippen molar-refractivity contribution >= 4 is 11.8 Å². The maximum absolute atomic E-state index is 12.8. The highest BCUT2D eigenvalue weighted by atomic mass is 19.4. The van der Waals surface area contributed by atoms with E-state index in [0.717, 1.165) is 56.5 Å². The van der Waals surface area contributed by atoms with Crippen molar-refractivity contribution in [1.29, 1.82) is 0 Å². The van der Waals surface area contributed by atoms with Crippen LogP contribution >= 0.6 is 0 Å². The first-order valence-corrected chi connectivity index (χ1v) is 10.6. The van der Waals surface area contributed by atoms with Crippen molar-refractivity contribution in [3.8, 4) is 0 Å². The zero-order chi connectivity index (χ0) is 20.6. The van der Waals surface area contributed by atoms with Gasteiger partial charge in [-0.3, -0.25) is 9.59 Å². The monoisotopic (exact) mass is 408 g/mol. The summed E-state index contributed by atoms with van der Waals surface area (Å²) >= 11 is 0. The number of alkyl halides is 3. The normalized spacial score (nSPS) is 25.3. The SMILES string of the molecule is O=C(CC1CCN(C(=O)C2CC2c2ccc(C(F)(F)F)cc2)CC1)N1CCCC1. The van der Waals surface area contributed by atoms with Crippen LogP contribution in [0.3, 0.4) is 0 Å². The van der Waals surface area contributed by atoms with Crippen LogP contribution in [0.4, 0.5) is 13.2 Å². The first-order valence-electron chi connectivity index (χ1n) is 10.6. The Hall–Kier alpha value is -2.05. The van der Waals surface area contributed by atoms with Crippen molar-refractivity contribution in [2.75, 3.05) is 26.2 Å². The van der Waals surface area contributed by atoms with Gasteiger partial charge in [0.15, 0.2) is 0 Å². The minimum absolute atomic E-state index is 0.0271. The van der Waals surface area contributed by atoms with Crippen molar-refractivity contribution < 1.29 is 22.8 Å².